The first-order chi connectivity index (χ1) is 13.6. The molecule has 28 heavy (non-hydrogen) atoms. The van der Waals surface area contributed by atoms with E-state index in [1.807, 2.05) is 42.5 Å². The molecule has 1 aromatic heterocycles. The van der Waals surface area contributed by atoms with Gasteiger partial charge in [0.05, 0.1) is 12.7 Å². The van der Waals surface area contributed by atoms with Crippen molar-refractivity contribution in [1.29, 1.82) is 0 Å². The minimum atomic E-state index is -0.427. The Balaban J connectivity index is 1.75. The van der Waals surface area contributed by atoms with Gasteiger partial charge in [0.15, 0.2) is 0 Å². The number of hydrogen-bond donors (Lipinski definition) is 0. The highest BCUT2D eigenvalue weighted by atomic mass is 16.5. The Labute approximate surface area is 161 Å². The second-order valence-corrected chi connectivity index (χ2v) is 6.41. The van der Waals surface area contributed by atoms with E-state index in [0.717, 1.165) is 28.5 Å². The van der Waals surface area contributed by atoms with E-state index in [0.29, 0.717) is 22.2 Å². The van der Waals surface area contributed by atoms with E-state index in [2.05, 4.69) is 10.3 Å². The molecule has 6 nitrogen and oxygen atoms in total. The number of carbonyl (C=O) groups excluding carboxylic acids is 2. The summed E-state index contributed by atoms with van der Waals surface area (Å²) < 4.78 is 6.49. The van der Waals surface area contributed by atoms with Crippen molar-refractivity contribution in [2.24, 2.45) is 7.05 Å². The maximum atomic E-state index is 12.2. The Hall–Kier alpha value is -3.80. The number of nitrogens with zero attached hydrogens (tertiary/aromatic N) is 3. The summed E-state index contributed by atoms with van der Waals surface area (Å²) in [7, 11) is 3.10. The fraction of sp³-hybridized carbons (Fsp3) is 0.0909. The smallest absolute Gasteiger partial charge is 0.340 e. The zero-order valence-corrected chi connectivity index (χ0v) is 15.4. The molecule has 138 valence electrons. The normalized spacial score (nSPS) is 10.8. The summed E-state index contributed by atoms with van der Waals surface area (Å²) in [6, 6.07) is 19.1. The van der Waals surface area contributed by atoms with E-state index < -0.39 is 5.97 Å². The first-order valence-corrected chi connectivity index (χ1v) is 8.68. The second-order valence-electron chi connectivity index (χ2n) is 6.41. The number of rotatable bonds is 4. The molecule has 0 unspecified atom stereocenters. The first kappa shape index (κ1) is 17.6. The molecule has 0 aliphatic carbocycles. The molecule has 0 aliphatic rings. The maximum absolute atomic E-state index is 12.2. The van der Waals surface area contributed by atoms with Gasteiger partial charge in [-0.1, -0.05) is 53.7 Å². The Morgan fingerprint density at radius 3 is 2.07 bits per heavy atom. The van der Waals surface area contributed by atoms with Crippen molar-refractivity contribution < 1.29 is 14.3 Å². The molecule has 0 bridgehead atoms. The van der Waals surface area contributed by atoms with Crippen LogP contribution in [0.25, 0.3) is 33.3 Å². The summed E-state index contributed by atoms with van der Waals surface area (Å²) in [5, 5.41) is 8.15. The van der Waals surface area contributed by atoms with E-state index >= 15 is 0 Å². The molecular formula is C22H17N3O3. The third kappa shape index (κ3) is 3.05. The van der Waals surface area contributed by atoms with Crippen LogP contribution in [-0.2, 0) is 11.8 Å². The lowest BCUT2D eigenvalue weighted by atomic mass is 9.98. The van der Waals surface area contributed by atoms with Gasteiger partial charge in [0.25, 0.3) is 0 Å². The van der Waals surface area contributed by atoms with Gasteiger partial charge in [-0.05, 0) is 34.4 Å². The van der Waals surface area contributed by atoms with Crippen LogP contribution < -0.4 is 0 Å². The highest BCUT2D eigenvalue weighted by Gasteiger charge is 2.17. The zero-order chi connectivity index (χ0) is 19.7. The van der Waals surface area contributed by atoms with Gasteiger partial charge in [0.2, 0.25) is 0 Å². The fourth-order valence-corrected chi connectivity index (χ4v) is 3.24. The minimum Gasteiger partial charge on any atom is -0.465 e. The third-order valence-corrected chi connectivity index (χ3v) is 4.70. The van der Waals surface area contributed by atoms with Gasteiger partial charge < -0.3 is 4.74 Å². The predicted molar refractivity (Wildman–Crippen MR) is 106 cm³/mol. The van der Waals surface area contributed by atoms with Gasteiger partial charge in [0.1, 0.15) is 17.3 Å². The Kier molecular flexibility index (Phi) is 4.45. The first-order valence-electron chi connectivity index (χ1n) is 8.68. The van der Waals surface area contributed by atoms with E-state index in [9.17, 15) is 9.59 Å². The molecule has 0 radical (unpaired) electrons. The largest absolute Gasteiger partial charge is 0.465 e. The Morgan fingerprint density at radius 1 is 0.929 bits per heavy atom. The maximum Gasteiger partial charge on any atom is 0.340 e. The highest BCUT2D eigenvalue weighted by Crippen LogP contribution is 2.29. The molecule has 4 rings (SSSR count). The van der Waals surface area contributed by atoms with Crippen molar-refractivity contribution in [1.82, 2.24) is 15.0 Å². The topological polar surface area (TPSA) is 74.1 Å². The molecular weight excluding hydrogens is 354 g/mol. The number of methoxy groups -OCH3 is 1. The van der Waals surface area contributed by atoms with Gasteiger partial charge in [-0.15, -0.1) is 5.10 Å². The van der Waals surface area contributed by atoms with Crippen LogP contribution in [0.4, 0.5) is 0 Å². The van der Waals surface area contributed by atoms with Crippen molar-refractivity contribution in [2.45, 2.75) is 0 Å². The van der Waals surface area contributed by atoms with Crippen LogP contribution in [0.1, 0.15) is 20.7 Å². The molecule has 0 amide bonds. The van der Waals surface area contributed by atoms with Gasteiger partial charge in [-0.2, -0.15) is 0 Å². The number of esters is 1. The molecule has 0 saturated heterocycles. The van der Waals surface area contributed by atoms with Gasteiger partial charge in [-0.3, -0.25) is 4.79 Å². The number of aryl methyl sites for hydroxylation is 1. The summed E-state index contributed by atoms with van der Waals surface area (Å²) >= 11 is 0. The van der Waals surface area contributed by atoms with Crippen LogP contribution in [0.5, 0.6) is 0 Å². The quantitative estimate of drug-likeness (QED) is 0.402. The lowest BCUT2D eigenvalue weighted by molar-refractivity contribution is 0.0602. The number of aromatic nitrogens is 3. The number of hydrogen-bond acceptors (Lipinski definition) is 5. The molecule has 3 aromatic carbocycles. The van der Waals surface area contributed by atoms with Crippen LogP contribution in [0.3, 0.4) is 0 Å². The van der Waals surface area contributed by atoms with Crippen LogP contribution in [0, 0.1) is 0 Å². The van der Waals surface area contributed by atoms with Crippen molar-refractivity contribution >= 4 is 23.3 Å². The molecule has 0 saturated carbocycles. The summed E-state index contributed by atoms with van der Waals surface area (Å²) in [6.07, 6.45) is 0.828. The average molecular weight is 371 g/mol. The van der Waals surface area contributed by atoms with Crippen molar-refractivity contribution in [2.75, 3.05) is 7.11 Å². The number of benzene rings is 3. The van der Waals surface area contributed by atoms with Crippen molar-refractivity contribution in [3.05, 3.63) is 71.8 Å². The minimum absolute atomic E-state index is 0.427. The molecule has 6 heteroatoms. The molecule has 0 N–H and O–H groups in total. The van der Waals surface area contributed by atoms with E-state index in [-0.39, 0.29) is 0 Å². The number of ether oxygens (including phenoxy) is 1. The highest BCUT2D eigenvalue weighted by molar-refractivity contribution is 6.04. The SMILES string of the molecule is COC(=O)c1cc(-c2ccc(-c3ccc(C=O)cc3)cc2)cc2nnn(C)c12. The van der Waals surface area contributed by atoms with Crippen LogP contribution in [-0.4, -0.2) is 34.4 Å². The van der Waals surface area contributed by atoms with Crippen LogP contribution >= 0.6 is 0 Å². The van der Waals surface area contributed by atoms with E-state index in [1.54, 1.807) is 29.9 Å². The Bertz CT molecular complexity index is 1180. The molecule has 4 aromatic rings. The van der Waals surface area contributed by atoms with E-state index in [4.69, 9.17) is 4.74 Å². The lowest BCUT2D eigenvalue weighted by Crippen LogP contribution is -2.05. The molecule has 0 atom stereocenters. The summed E-state index contributed by atoms with van der Waals surface area (Å²) in [4.78, 5) is 23.0. The lowest BCUT2D eigenvalue weighted by Gasteiger charge is -2.08. The van der Waals surface area contributed by atoms with Crippen LogP contribution in [0.2, 0.25) is 0 Å². The third-order valence-electron chi connectivity index (χ3n) is 4.70. The molecule has 1 heterocycles. The average Bonchev–Trinajstić information content (AvgIpc) is 3.13. The number of carbonyl (C=O) groups is 2. The fourth-order valence-electron chi connectivity index (χ4n) is 3.24. The predicted octanol–water partition coefficient (Wildman–Crippen LogP) is 3.90. The second kappa shape index (κ2) is 7.08. The number of fused-ring (bicyclic) bond motifs is 1. The Morgan fingerprint density at radius 2 is 1.50 bits per heavy atom. The monoisotopic (exact) mass is 371 g/mol. The van der Waals surface area contributed by atoms with Crippen molar-refractivity contribution in [3.8, 4) is 22.3 Å². The summed E-state index contributed by atoms with van der Waals surface area (Å²) in [5.41, 5.74) is 6.22. The standard InChI is InChI=1S/C22H17N3O3/c1-25-21-19(22(27)28-2)11-18(12-20(21)23-24-25)17-9-7-16(8-10-17)15-5-3-14(13-26)4-6-15/h3-13H,1-2H3. The molecule has 0 fully saturated rings. The summed E-state index contributed by atoms with van der Waals surface area (Å²) in [6.45, 7) is 0. The molecule has 0 spiro atoms. The summed E-state index contributed by atoms with van der Waals surface area (Å²) in [5.74, 6) is -0.427. The zero-order valence-electron chi connectivity index (χ0n) is 15.4. The number of aldehydes is 1. The van der Waals surface area contributed by atoms with Crippen LogP contribution in [0.15, 0.2) is 60.7 Å². The van der Waals surface area contributed by atoms with E-state index in [1.165, 1.54) is 7.11 Å². The van der Waals surface area contributed by atoms with Crippen molar-refractivity contribution in [3.63, 3.8) is 0 Å². The van der Waals surface area contributed by atoms with Gasteiger partial charge in [-0.25, -0.2) is 9.48 Å². The molecule has 0 aliphatic heterocycles. The van der Waals surface area contributed by atoms with Gasteiger partial charge >= 0.3 is 5.97 Å². The van der Waals surface area contributed by atoms with Gasteiger partial charge in [0, 0.05) is 12.6 Å².